The number of nitrogens with zero attached hydrogens (tertiary/aromatic N) is 1. The number of ether oxygens (including phenoxy) is 1. The highest BCUT2D eigenvalue weighted by Gasteiger charge is 2.22. The van der Waals surface area contributed by atoms with Crippen LogP contribution in [0.3, 0.4) is 0 Å². The summed E-state index contributed by atoms with van der Waals surface area (Å²) in [5.41, 5.74) is 2.52. The Balaban J connectivity index is 2.07. The van der Waals surface area contributed by atoms with E-state index in [1.54, 1.807) is 55.2 Å². The van der Waals surface area contributed by atoms with Gasteiger partial charge < -0.3 is 14.7 Å². The molecule has 0 radical (unpaired) electrons. The number of allylic oxidation sites excluding steroid dienone is 2. The molecule has 0 saturated heterocycles. The van der Waals surface area contributed by atoms with Crippen molar-refractivity contribution in [2.45, 2.75) is 20.5 Å². The van der Waals surface area contributed by atoms with Crippen molar-refractivity contribution in [2.24, 2.45) is 0 Å². The Morgan fingerprint density at radius 3 is 2.44 bits per heavy atom. The summed E-state index contributed by atoms with van der Waals surface area (Å²) in [5.74, 6) is -0.681. The second-order valence-electron chi connectivity index (χ2n) is 7.52. The van der Waals surface area contributed by atoms with E-state index in [1.807, 2.05) is 0 Å². The second kappa shape index (κ2) is 10.9. The monoisotopic (exact) mass is 545 g/mol. The predicted molar refractivity (Wildman–Crippen MR) is 139 cm³/mol. The summed E-state index contributed by atoms with van der Waals surface area (Å²) in [7, 11) is 0. The second-order valence-corrected chi connectivity index (χ2v) is 8.87. The van der Waals surface area contributed by atoms with Gasteiger partial charge in [0.2, 0.25) is 0 Å². The molecular weight excluding hydrogens is 524 g/mol. The van der Waals surface area contributed by atoms with Crippen LogP contribution in [-0.2, 0) is 6.61 Å². The highest BCUT2D eigenvalue weighted by Crippen LogP contribution is 2.38. The van der Waals surface area contributed by atoms with Gasteiger partial charge in [0.1, 0.15) is 29.8 Å². The van der Waals surface area contributed by atoms with Gasteiger partial charge in [-0.2, -0.15) is 0 Å². The molecule has 3 nitrogen and oxygen atoms in total. The summed E-state index contributed by atoms with van der Waals surface area (Å²) in [6, 6.07) is 13.9. The van der Waals surface area contributed by atoms with Crippen LogP contribution in [0.25, 0.3) is 11.5 Å². The van der Waals surface area contributed by atoms with E-state index >= 15 is 0 Å². The normalized spacial score (nSPS) is 11.3. The van der Waals surface area contributed by atoms with Crippen molar-refractivity contribution in [3.05, 3.63) is 117 Å². The van der Waals surface area contributed by atoms with Crippen LogP contribution in [0.1, 0.15) is 30.5 Å². The molecule has 1 N–H and O–H groups in total. The lowest BCUT2D eigenvalue weighted by Crippen LogP contribution is -2.21. The van der Waals surface area contributed by atoms with Gasteiger partial charge in [-0.25, -0.2) is 8.78 Å². The molecule has 0 aliphatic rings. The minimum Gasteiger partial charge on any atom is -0.508 e. The maximum absolute atomic E-state index is 15.0. The van der Waals surface area contributed by atoms with Gasteiger partial charge >= 0.3 is 0 Å². The Kier molecular flexibility index (Phi) is 8.18. The van der Waals surface area contributed by atoms with Crippen LogP contribution < -0.4 is 9.64 Å². The van der Waals surface area contributed by atoms with E-state index in [1.165, 1.54) is 24.3 Å². The third-order valence-corrected chi connectivity index (χ3v) is 5.76. The molecule has 0 aliphatic heterocycles. The number of hydrogen-bond acceptors (Lipinski definition) is 3. The van der Waals surface area contributed by atoms with Crippen LogP contribution >= 0.6 is 27.5 Å². The van der Waals surface area contributed by atoms with Gasteiger partial charge in [0.15, 0.2) is 0 Å². The fourth-order valence-corrected chi connectivity index (χ4v) is 3.94. The first-order valence-electron chi connectivity index (χ1n) is 10.3. The van der Waals surface area contributed by atoms with Gasteiger partial charge in [0, 0.05) is 31.9 Å². The van der Waals surface area contributed by atoms with Gasteiger partial charge in [0.05, 0.1) is 11.4 Å². The predicted octanol–water partition coefficient (Wildman–Crippen LogP) is 8.89. The molecule has 0 aliphatic carbocycles. The molecule has 0 heterocycles. The molecule has 0 fully saturated rings. The molecular formula is C27H23BrClF2NO2. The Hall–Kier alpha value is -3.09. The Bertz CT molecular complexity index is 1290. The molecule has 3 aromatic rings. The molecule has 0 atom stereocenters. The first-order chi connectivity index (χ1) is 16.1. The molecule has 0 saturated carbocycles. The van der Waals surface area contributed by atoms with Crippen molar-refractivity contribution in [1.82, 2.24) is 0 Å². The summed E-state index contributed by atoms with van der Waals surface area (Å²) >= 11 is 9.54. The molecule has 0 amide bonds. The highest BCUT2D eigenvalue weighted by molar-refractivity contribution is 9.10. The summed E-state index contributed by atoms with van der Waals surface area (Å²) in [6.07, 6.45) is 1.77. The van der Waals surface area contributed by atoms with Crippen molar-refractivity contribution >= 4 is 44.7 Å². The van der Waals surface area contributed by atoms with Crippen molar-refractivity contribution in [3.8, 4) is 5.75 Å². The summed E-state index contributed by atoms with van der Waals surface area (Å²) < 4.78 is 35.9. The van der Waals surface area contributed by atoms with E-state index < -0.39 is 11.6 Å². The Morgan fingerprint density at radius 1 is 1.09 bits per heavy atom. The lowest BCUT2D eigenvalue weighted by atomic mass is 10.1. The zero-order valence-corrected chi connectivity index (χ0v) is 21.1. The maximum atomic E-state index is 15.0. The van der Waals surface area contributed by atoms with Crippen LogP contribution in [0.4, 0.5) is 14.5 Å². The standard InChI is InChI=1S/C27H23BrClF2NO2/c1-5-25(32(16(2)3)26-12-18(17(4)33)7-10-23(26)30)22-14-21(29)9-11-27(22)34-15-19-6-8-20(28)13-24(19)31/h5-14,33H,2,4,15H2,1,3H3/b25-5-. The number of hydrogen-bond donors (Lipinski definition) is 1. The topological polar surface area (TPSA) is 32.7 Å². The van der Waals surface area contributed by atoms with Crippen molar-refractivity contribution in [3.63, 3.8) is 0 Å². The van der Waals surface area contributed by atoms with Crippen molar-refractivity contribution < 1.29 is 18.6 Å². The van der Waals surface area contributed by atoms with Gasteiger partial charge in [-0.1, -0.05) is 52.8 Å². The van der Waals surface area contributed by atoms with Gasteiger partial charge in [-0.15, -0.1) is 0 Å². The average molecular weight is 547 g/mol. The van der Waals surface area contributed by atoms with Gasteiger partial charge in [-0.3, -0.25) is 0 Å². The van der Waals surface area contributed by atoms with Crippen LogP contribution in [-0.4, -0.2) is 5.11 Å². The lowest BCUT2D eigenvalue weighted by Gasteiger charge is -2.30. The molecule has 0 aromatic heterocycles. The van der Waals surface area contributed by atoms with Gasteiger partial charge in [-0.05, 0) is 62.4 Å². The average Bonchev–Trinajstić information content (AvgIpc) is 2.78. The fourth-order valence-electron chi connectivity index (χ4n) is 3.43. The number of aliphatic hydroxyl groups is 1. The number of anilines is 1. The number of aliphatic hydroxyl groups excluding tert-OH is 1. The van der Waals surface area contributed by atoms with E-state index in [-0.39, 0.29) is 18.1 Å². The largest absolute Gasteiger partial charge is 0.508 e. The first kappa shape index (κ1) is 25.5. The smallest absolute Gasteiger partial charge is 0.147 e. The van der Waals surface area contributed by atoms with Gasteiger partial charge in [0.25, 0.3) is 0 Å². The zero-order chi connectivity index (χ0) is 25.0. The van der Waals surface area contributed by atoms with Crippen LogP contribution in [0.15, 0.2) is 84.0 Å². The minimum atomic E-state index is -0.520. The first-order valence-corrected chi connectivity index (χ1v) is 11.5. The molecule has 0 unspecified atom stereocenters. The van der Waals surface area contributed by atoms with E-state index in [9.17, 15) is 13.9 Å². The van der Waals surface area contributed by atoms with Crippen LogP contribution in [0.2, 0.25) is 5.02 Å². The summed E-state index contributed by atoms with van der Waals surface area (Å²) in [5, 5.41) is 10.3. The van der Waals surface area contributed by atoms with Crippen molar-refractivity contribution in [2.75, 3.05) is 4.90 Å². The lowest BCUT2D eigenvalue weighted by molar-refractivity contribution is 0.299. The van der Waals surface area contributed by atoms with Crippen LogP contribution in [0.5, 0.6) is 5.75 Å². The van der Waals surface area contributed by atoms with E-state index in [0.29, 0.717) is 43.3 Å². The molecule has 176 valence electrons. The number of benzene rings is 3. The molecule has 0 spiro atoms. The van der Waals surface area contributed by atoms with Crippen LogP contribution in [0, 0.1) is 11.6 Å². The highest BCUT2D eigenvalue weighted by atomic mass is 79.9. The summed E-state index contributed by atoms with van der Waals surface area (Å²) in [6.45, 7) is 11.0. The Morgan fingerprint density at radius 2 is 1.82 bits per heavy atom. The fraction of sp³-hybridized carbons (Fsp3) is 0.111. The van der Waals surface area contributed by atoms with E-state index in [0.717, 1.165) is 0 Å². The molecule has 34 heavy (non-hydrogen) atoms. The molecule has 0 bridgehead atoms. The molecule has 7 heteroatoms. The molecule has 3 aromatic carbocycles. The summed E-state index contributed by atoms with van der Waals surface area (Å²) in [4.78, 5) is 1.60. The minimum absolute atomic E-state index is 0.0218. The number of halogens is 4. The number of rotatable bonds is 8. The Labute approximate surface area is 211 Å². The third kappa shape index (κ3) is 5.69. The van der Waals surface area contributed by atoms with E-state index in [2.05, 4.69) is 29.1 Å². The third-order valence-electron chi connectivity index (χ3n) is 5.03. The molecule has 3 rings (SSSR count). The quantitative estimate of drug-likeness (QED) is 0.286. The van der Waals surface area contributed by atoms with E-state index in [4.69, 9.17) is 16.3 Å². The zero-order valence-electron chi connectivity index (χ0n) is 18.7. The van der Waals surface area contributed by atoms with Crippen molar-refractivity contribution in [1.29, 1.82) is 0 Å². The maximum Gasteiger partial charge on any atom is 0.147 e. The SMILES string of the molecule is C=C(O)c1ccc(F)c(N(C(=C)C)/C(=C\C)c2cc(Cl)ccc2OCc2ccc(Br)cc2F)c1.